The van der Waals surface area contributed by atoms with Crippen LogP contribution < -0.4 is 5.32 Å². The predicted molar refractivity (Wildman–Crippen MR) is 105 cm³/mol. The molecule has 1 aliphatic rings. The number of unbranched alkanes of at least 4 members (excludes halogenated alkanes) is 1. The normalized spacial score (nSPS) is 17.8. The number of hydrogen-bond acceptors (Lipinski definition) is 3. The zero-order chi connectivity index (χ0) is 18.2. The highest BCUT2D eigenvalue weighted by atomic mass is 35.5. The van der Waals surface area contributed by atoms with Crippen molar-refractivity contribution >= 4 is 17.5 Å². The Morgan fingerprint density at radius 3 is 2.81 bits per heavy atom. The summed E-state index contributed by atoms with van der Waals surface area (Å²) < 4.78 is 5.90. The molecule has 2 aromatic rings. The zero-order valence-electron chi connectivity index (χ0n) is 14.9. The quantitative estimate of drug-likeness (QED) is 0.749. The fourth-order valence-corrected chi connectivity index (χ4v) is 3.36. The van der Waals surface area contributed by atoms with E-state index >= 15 is 0 Å². The lowest BCUT2D eigenvalue weighted by Gasteiger charge is -2.33. The Hall–Kier alpha value is -1.88. The second kappa shape index (κ2) is 9.72. The maximum Gasteiger partial charge on any atom is 0.251 e. The lowest BCUT2D eigenvalue weighted by atomic mass is 10.1. The molecule has 0 radical (unpaired) electrons. The summed E-state index contributed by atoms with van der Waals surface area (Å²) in [7, 11) is 0. The van der Waals surface area contributed by atoms with Gasteiger partial charge in [-0.05, 0) is 43.1 Å². The largest absolute Gasteiger partial charge is 0.371 e. The number of carbonyl (C=O) groups is 1. The van der Waals surface area contributed by atoms with Gasteiger partial charge in [-0.1, -0.05) is 48.0 Å². The Labute approximate surface area is 160 Å². The van der Waals surface area contributed by atoms with Crippen molar-refractivity contribution in [3.63, 3.8) is 0 Å². The highest BCUT2D eigenvalue weighted by molar-refractivity contribution is 6.30. The van der Waals surface area contributed by atoms with Crippen LogP contribution in [0.1, 0.15) is 34.9 Å². The first kappa shape index (κ1) is 18.9. The molecule has 1 saturated heterocycles. The molecule has 1 atom stereocenters. The van der Waals surface area contributed by atoms with E-state index in [1.54, 1.807) is 24.3 Å². The van der Waals surface area contributed by atoms with Gasteiger partial charge >= 0.3 is 0 Å². The van der Waals surface area contributed by atoms with E-state index in [2.05, 4.69) is 34.5 Å². The van der Waals surface area contributed by atoms with Gasteiger partial charge in [-0.15, -0.1) is 0 Å². The molecule has 0 spiro atoms. The molecule has 138 valence electrons. The van der Waals surface area contributed by atoms with E-state index in [0.29, 0.717) is 17.1 Å². The Morgan fingerprint density at radius 1 is 1.15 bits per heavy atom. The molecular weight excluding hydrogens is 348 g/mol. The lowest BCUT2D eigenvalue weighted by molar-refractivity contribution is -0.0303. The number of ether oxygens (including phenoxy) is 1. The number of amides is 1. The average molecular weight is 373 g/mol. The molecule has 0 aromatic heterocycles. The molecule has 1 fully saturated rings. The smallest absolute Gasteiger partial charge is 0.251 e. The molecule has 0 saturated carbocycles. The Balaban J connectivity index is 1.35. The third-order valence-electron chi connectivity index (χ3n) is 4.60. The van der Waals surface area contributed by atoms with Crippen molar-refractivity contribution < 1.29 is 9.53 Å². The van der Waals surface area contributed by atoms with Gasteiger partial charge in [0.05, 0.1) is 12.7 Å². The van der Waals surface area contributed by atoms with Crippen molar-refractivity contribution in [1.82, 2.24) is 10.2 Å². The Morgan fingerprint density at radius 2 is 2.00 bits per heavy atom. The maximum atomic E-state index is 12.1. The van der Waals surface area contributed by atoms with E-state index in [1.165, 1.54) is 5.56 Å². The van der Waals surface area contributed by atoms with Gasteiger partial charge in [0.1, 0.15) is 0 Å². The summed E-state index contributed by atoms with van der Waals surface area (Å²) in [6.45, 7) is 4.37. The molecule has 1 amide bonds. The number of benzene rings is 2. The molecule has 1 heterocycles. The van der Waals surface area contributed by atoms with Crippen LogP contribution in [0.2, 0.25) is 5.02 Å². The third kappa shape index (κ3) is 5.56. The van der Waals surface area contributed by atoms with Gasteiger partial charge in [-0.3, -0.25) is 9.69 Å². The summed E-state index contributed by atoms with van der Waals surface area (Å²) in [5.41, 5.74) is 1.85. The first-order valence-electron chi connectivity index (χ1n) is 9.15. The van der Waals surface area contributed by atoms with E-state index in [1.807, 2.05) is 6.07 Å². The topological polar surface area (TPSA) is 41.6 Å². The molecule has 0 aliphatic carbocycles. The van der Waals surface area contributed by atoms with Crippen LogP contribution in [0.4, 0.5) is 0 Å². The summed E-state index contributed by atoms with van der Waals surface area (Å²) in [5.74, 6) is -0.0667. The van der Waals surface area contributed by atoms with Crippen molar-refractivity contribution in [2.45, 2.75) is 18.9 Å². The number of halogens is 1. The van der Waals surface area contributed by atoms with Crippen LogP contribution >= 0.6 is 11.6 Å². The molecule has 2 aromatic carbocycles. The Kier molecular flexibility index (Phi) is 7.06. The zero-order valence-corrected chi connectivity index (χ0v) is 15.6. The van der Waals surface area contributed by atoms with E-state index < -0.39 is 0 Å². The van der Waals surface area contributed by atoms with Gasteiger partial charge in [-0.2, -0.15) is 0 Å². The summed E-state index contributed by atoms with van der Waals surface area (Å²) in [6.07, 6.45) is 2.17. The number of morpholine rings is 1. The van der Waals surface area contributed by atoms with E-state index in [0.717, 1.165) is 39.1 Å². The SMILES string of the molecule is O=C(NCCCCN1CCOC(c2ccccc2)C1)c1cccc(Cl)c1. The van der Waals surface area contributed by atoms with Gasteiger partial charge in [-0.25, -0.2) is 0 Å². The molecule has 1 N–H and O–H groups in total. The summed E-state index contributed by atoms with van der Waals surface area (Å²) in [5, 5.41) is 3.54. The first-order chi connectivity index (χ1) is 12.7. The minimum atomic E-state index is -0.0667. The molecule has 3 rings (SSSR count). The fraction of sp³-hybridized carbons (Fsp3) is 0.381. The third-order valence-corrected chi connectivity index (χ3v) is 4.83. The van der Waals surface area contributed by atoms with Crippen LogP contribution in [0.5, 0.6) is 0 Å². The first-order valence-corrected chi connectivity index (χ1v) is 9.53. The van der Waals surface area contributed by atoms with Crippen LogP contribution in [0.25, 0.3) is 0 Å². The highest BCUT2D eigenvalue weighted by Crippen LogP contribution is 2.22. The molecule has 5 heteroatoms. The highest BCUT2D eigenvalue weighted by Gasteiger charge is 2.21. The number of nitrogens with one attached hydrogen (secondary N) is 1. The van der Waals surface area contributed by atoms with Gasteiger partial charge < -0.3 is 10.1 Å². The number of rotatable bonds is 7. The van der Waals surface area contributed by atoms with Crippen molar-refractivity contribution in [2.75, 3.05) is 32.8 Å². The van der Waals surface area contributed by atoms with Crippen LogP contribution in [-0.4, -0.2) is 43.6 Å². The van der Waals surface area contributed by atoms with E-state index in [-0.39, 0.29) is 12.0 Å². The number of hydrogen-bond donors (Lipinski definition) is 1. The molecule has 1 aliphatic heterocycles. The fourth-order valence-electron chi connectivity index (χ4n) is 3.17. The van der Waals surface area contributed by atoms with Crippen molar-refractivity contribution in [3.8, 4) is 0 Å². The molecule has 1 unspecified atom stereocenters. The van der Waals surface area contributed by atoms with Crippen LogP contribution in [0.15, 0.2) is 54.6 Å². The minimum Gasteiger partial charge on any atom is -0.371 e. The average Bonchev–Trinajstić information content (AvgIpc) is 2.68. The summed E-state index contributed by atoms with van der Waals surface area (Å²) >= 11 is 5.92. The minimum absolute atomic E-state index is 0.0667. The van der Waals surface area contributed by atoms with E-state index in [4.69, 9.17) is 16.3 Å². The maximum absolute atomic E-state index is 12.1. The monoisotopic (exact) mass is 372 g/mol. The second-order valence-corrected chi connectivity index (χ2v) is 6.98. The van der Waals surface area contributed by atoms with Crippen molar-refractivity contribution in [1.29, 1.82) is 0 Å². The Bertz CT molecular complexity index is 708. The van der Waals surface area contributed by atoms with Gasteiger partial charge in [0.25, 0.3) is 5.91 Å². The van der Waals surface area contributed by atoms with Crippen LogP contribution in [-0.2, 0) is 4.74 Å². The van der Waals surface area contributed by atoms with Crippen LogP contribution in [0.3, 0.4) is 0 Å². The van der Waals surface area contributed by atoms with Gasteiger partial charge in [0.2, 0.25) is 0 Å². The number of nitrogens with zero attached hydrogens (tertiary/aromatic N) is 1. The lowest BCUT2D eigenvalue weighted by Crippen LogP contribution is -2.39. The molecule has 26 heavy (non-hydrogen) atoms. The van der Waals surface area contributed by atoms with Gasteiger partial charge in [0.15, 0.2) is 0 Å². The second-order valence-electron chi connectivity index (χ2n) is 6.54. The molecule has 4 nitrogen and oxygen atoms in total. The number of carbonyl (C=O) groups excluding carboxylic acids is 1. The standard InChI is InChI=1S/C21H25ClN2O2/c22-19-10-6-9-18(15-19)21(25)23-11-4-5-12-24-13-14-26-20(16-24)17-7-2-1-3-8-17/h1-3,6-10,15,20H,4-5,11-14,16H2,(H,23,25). The molecular formula is C21H25ClN2O2. The van der Waals surface area contributed by atoms with E-state index in [9.17, 15) is 4.79 Å². The summed E-state index contributed by atoms with van der Waals surface area (Å²) in [6, 6.07) is 17.4. The van der Waals surface area contributed by atoms with Gasteiger partial charge in [0, 0.05) is 30.2 Å². The van der Waals surface area contributed by atoms with Crippen molar-refractivity contribution in [2.24, 2.45) is 0 Å². The van der Waals surface area contributed by atoms with Crippen LogP contribution in [0, 0.1) is 0 Å². The molecule has 0 bridgehead atoms. The van der Waals surface area contributed by atoms with Crippen molar-refractivity contribution in [3.05, 3.63) is 70.7 Å². The predicted octanol–water partition coefficient (Wildman–Crippen LogP) is 3.92. The summed E-state index contributed by atoms with van der Waals surface area (Å²) in [4.78, 5) is 14.5.